The molecular formula is C21H29N5O2. The molecule has 2 aliphatic heterocycles. The Hall–Kier alpha value is -2.38. The van der Waals surface area contributed by atoms with Crippen molar-refractivity contribution in [3.8, 4) is 0 Å². The Bertz CT molecular complexity index is 782. The van der Waals surface area contributed by atoms with Gasteiger partial charge in [-0.25, -0.2) is 0 Å². The second kappa shape index (κ2) is 8.75. The lowest BCUT2D eigenvalue weighted by Crippen LogP contribution is -2.48. The smallest absolute Gasteiger partial charge is 0.220 e. The molecule has 2 aliphatic rings. The van der Waals surface area contributed by atoms with Crippen molar-refractivity contribution in [3.05, 3.63) is 47.8 Å². The molecule has 0 spiro atoms. The van der Waals surface area contributed by atoms with E-state index in [4.69, 9.17) is 4.74 Å². The molecule has 0 saturated carbocycles. The average Bonchev–Trinajstić information content (AvgIpc) is 3.23. The molecule has 1 aromatic heterocycles. The lowest BCUT2D eigenvalue weighted by molar-refractivity contribution is -0.123. The summed E-state index contributed by atoms with van der Waals surface area (Å²) in [5, 5.41) is 11.1. The molecule has 2 saturated heterocycles. The minimum Gasteiger partial charge on any atom is -0.378 e. The second-order valence-corrected chi connectivity index (χ2v) is 7.47. The van der Waals surface area contributed by atoms with Crippen molar-refractivity contribution in [2.24, 2.45) is 0 Å². The van der Waals surface area contributed by atoms with Crippen molar-refractivity contribution >= 4 is 11.6 Å². The summed E-state index contributed by atoms with van der Waals surface area (Å²) >= 11 is 0. The maximum absolute atomic E-state index is 12.0. The minimum absolute atomic E-state index is 0.0332. The maximum Gasteiger partial charge on any atom is 0.220 e. The summed E-state index contributed by atoms with van der Waals surface area (Å²) in [6.45, 7) is 7.17. The molecule has 0 aliphatic carbocycles. The zero-order chi connectivity index (χ0) is 19.3. The summed E-state index contributed by atoms with van der Waals surface area (Å²) in [6.07, 6.45) is 5.29. The van der Waals surface area contributed by atoms with Gasteiger partial charge < -0.3 is 20.3 Å². The summed E-state index contributed by atoms with van der Waals surface area (Å²) < 4.78 is 7.33. The predicted octanol–water partition coefficient (Wildman–Crippen LogP) is 1.85. The van der Waals surface area contributed by atoms with Crippen LogP contribution in [0.4, 0.5) is 5.69 Å². The van der Waals surface area contributed by atoms with Crippen LogP contribution in [-0.4, -0.2) is 48.0 Å². The molecule has 0 unspecified atom stereocenters. The molecule has 2 N–H and O–H groups in total. The third kappa shape index (κ3) is 4.36. The average molecular weight is 383 g/mol. The van der Waals surface area contributed by atoms with Gasteiger partial charge in [0.25, 0.3) is 0 Å². The highest BCUT2D eigenvalue weighted by Crippen LogP contribution is 2.24. The molecule has 7 nitrogen and oxygen atoms in total. The van der Waals surface area contributed by atoms with E-state index in [1.165, 1.54) is 11.3 Å². The third-order valence-corrected chi connectivity index (χ3v) is 5.62. The molecule has 150 valence electrons. The van der Waals surface area contributed by atoms with Gasteiger partial charge in [-0.2, -0.15) is 5.10 Å². The fourth-order valence-corrected chi connectivity index (χ4v) is 3.94. The first-order chi connectivity index (χ1) is 13.7. The van der Waals surface area contributed by atoms with Gasteiger partial charge in [-0.05, 0) is 31.0 Å². The second-order valence-electron chi connectivity index (χ2n) is 7.47. The number of hydrogen-bond donors (Lipinski definition) is 2. The van der Waals surface area contributed by atoms with Crippen molar-refractivity contribution in [3.63, 3.8) is 0 Å². The maximum atomic E-state index is 12.0. The number of aryl methyl sites for hydroxylation is 1. The van der Waals surface area contributed by atoms with Crippen molar-refractivity contribution in [1.82, 2.24) is 20.4 Å². The number of piperidine rings is 1. The van der Waals surface area contributed by atoms with E-state index in [1.807, 2.05) is 17.1 Å². The minimum atomic E-state index is -0.0332. The van der Waals surface area contributed by atoms with Crippen LogP contribution in [0.25, 0.3) is 0 Å². The van der Waals surface area contributed by atoms with Crippen molar-refractivity contribution in [2.45, 2.75) is 44.9 Å². The molecule has 1 aromatic carbocycles. The van der Waals surface area contributed by atoms with Crippen LogP contribution >= 0.6 is 0 Å². The van der Waals surface area contributed by atoms with Crippen LogP contribution in [0.1, 0.15) is 36.9 Å². The number of anilines is 1. The first kappa shape index (κ1) is 19.0. The van der Waals surface area contributed by atoms with Crippen LogP contribution in [0.2, 0.25) is 0 Å². The van der Waals surface area contributed by atoms with E-state index >= 15 is 0 Å². The SMILES string of the molecule is CCn1cc([C@@H]2NC(=O)CC[C@H]2NCc2ccc(N3CCOCC3)cc2)cn1. The highest BCUT2D eigenvalue weighted by molar-refractivity contribution is 5.77. The van der Waals surface area contributed by atoms with E-state index in [1.54, 1.807) is 0 Å². The van der Waals surface area contributed by atoms with Crippen molar-refractivity contribution < 1.29 is 9.53 Å². The fraction of sp³-hybridized carbons (Fsp3) is 0.524. The molecule has 3 heterocycles. The Kier molecular flexibility index (Phi) is 5.92. The van der Waals surface area contributed by atoms with Crippen molar-refractivity contribution in [2.75, 3.05) is 31.2 Å². The van der Waals surface area contributed by atoms with Gasteiger partial charge in [-0.3, -0.25) is 9.48 Å². The summed E-state index contributed by atoms with van der Waals surface area (Å²) in [6, 6.07) is 8.91. The van der Waals surface area contributed by atoms with E-state index in [0.29, 0.717) is 6.42 Å². The van der Waals surface area contributed by atoms with Gasteiger partial charge in [-0.1, -0.05) is 12.1 Å². The van der Waals surface area contributed by atoms with Gasteiger partial charge in [0.2, 0.25) is 5.91 Å². The number of nitrogens with zero attached hydrogens (tertiary/aromatic N) is 3. The highest BCUT2D eigenvalue weighted by Gasteiger charge is 2.30. The van der Waals surface area contributed by atoms with Gasteiger partial charge in [0.15, 0.2) is 0 Å². The summed E-state index contributed by atoms with van der Waals surface area (Å²) in [7, 11) is 0. The largest absolute Gasteiger partial charge is 0.378 e. The number of carbonyl (C=O) groups excluding carboxylic acids is 1. The zero-order valence-corrected chi connectivity index (χ0v) is 16.4. The molecule has 0 bridgehead atoms. The molecule has 4 rings (SSSR count). The number of aromatic nitrogens is 2. The molecule has 7 heteroatoms. The van der Waals surface area contributed by atoms with Crippen molar-refractivity contribution in [1.29, 1.82) is 0 Å². The lowest BCUT2D eigenvalue weighted by Gasteiger charge is -2.32. The summed E-state index contributed by atoms with van der Waals surface area (Å²) in [4.78, 5) is 14.3. The van der Waals surface area contributed by atoms with E-state index in [0.717, 1.165) is 51.4 Å². The van der Waals surface area contributed by atoms with E-state index in [2.05, 4.69) is 51.8 Å². The third-order valence-electron chi connectivity index (χ3n) is 5.62. The number of morpholine rings is 1. The van der Waals surface area contributed by atoms with Crippen LogP contribution in [0.5, 0.6) is 0 Å². The van der Waals surface area contributed by atoms with E-state index in [-0.39, 0.29) is 18.0 Å². The summed E-state index contributed by atoms with van der Waals surface area (Å²) in [5.41, 5.74) is 3.56. The van der Waals surface area contributed by atoms with Gasteiger partial charge in [0.05, 0.1) is 25.5 Å². The normalized spacial score (nSPS) is 22.9. The number of benzene rings is 1. The molecular weight excluding hydrogens is 354 g/mol. The number of nitrogens with one attached hydrogen (secondary N) is 2. The fourth-order valence-electron chi connectivity index (χ4n) is 3.94. The zero-order valence-electron chi connectivity index (χ0n) is 16.4. The van der Waals surface area contributed by atoms with Crippen LogP contribution in [0, 0.1) is 0 Å². The van der Waals surface area contributed by atoms with Crippen LogP contribution < -0.4 is 15.5 Å². The standard InChI is InChI=1S/C21H29N5O2/c1-2-26-15-17(14-23-26)21-19(7-8-20(27)24-21)22-13-16-3-5-18(6-4-16)25-9-11-28-12-10-25/h3-6,14-15,19,21-22H,2,7-13H2,1H3,(H,24,27)/t19-,21+/m1/s1. The Morgan fingerprint density at radius 3 is 2.75 bits per heavy atom. The molecule has 2 aromatic rings. The Balaban J connectivity index is 1.38. The molecule has 28 heavy (non-hydrogen) atoms. The number of amides is 1. The topological polar surface area (TPSA) is 71.4 Å². The van der Waals surface area contributed by atoms with Gasteiger partial charge >= 0.3 is 0 Å². The number of rotatable bonds is 6. The Morgan fingerprint density at radius 2 is 2.04 bits per heavy atom. The van der Waals surface area contributed by atoms with Gasteiger partial charge in [-0.15, -0.1) is 0 Å². The van der Waals surface area contributed by atoms with Crippen LogP contribution in [0.15, 0.2) is 36.7 Å². The predicted molar refractivity (Wildman–Crippen MR) is 108 cm³/mol. The number of ether oxygens (including phenoxy) is 1. The van der Waals surface area contributed by atoms with Gasteiger partial charge in [0, 0.05) is 56.1 Å². The Labute approximate surface area is 166 Å². The highest BCUT2D eigenvalue weighted by atomic mass is 16.5. The molecule has 0 radical (unpaired) electrons. The quantitative estimate of drug-likeness (QED) is 0.797. The summed E-state index contributed by atoms with van der Waals surface area (Å²) in [5.74, 6) is 0.113. The number of hydrogen-bond acceptors (Lipinski definition) is 5. The van der Waals surface area contributed by atoms with Crippen LogP contribution in [-0.2, 0) is 22.6 Å². The molecule has 1 amide bonds. The van der Waals surface area contributed by atoms with E-state index < -0.39 is 0 Å². The van der Waals surface area contributed by atoms with E-state index in [9.17, 15) is 4.79 Å². The monoisotopic (exact) mass is 383 g/mol. The first-order valence-electron chi connectivity index (χ1n) is 10.2. The Morgan fingerprint density at radius 1 is 1.25 bits per heavy atom. The molecule has 2 atom stereocenters. The lowest BCUT2D eigenvalue weighted by atomic mass is 9.93. The van der Waals surface area contributed by atoms with Gasteiger partial charge in [0.1, 0.15) is 0 Å². The first-order valence-corrected chi connectivity index (χ1v) is 10.2. The number of carbonyl (C=O) groups is 1. The van der Waals surface area contributed by atoms with Crippen LogP contribution in [0.3, 0.4) is 0 Å². The molecule has 2 fully saturated rings.